The van der Waals surface area contributed by atoms with Gasteiger partial charge in [-0.1, -0.05) is 42.5 Å². The topological polar surface area (TPSA) is 53.9 Å². The molecule has 4 aromatic rings. The molecule has 2 aromatic carbocycles. The zero-order valence-electron chi connectivity index (χ0n) is 19.4. The van der Waals surface area contributed by atoms with Crippen molar-refractivity contribution < 1.29 is 4.39 Å². The van der Waals surface area contributed by atoms with E-state index in [0.29, 0.717) is 23.1 Å². The molecule has 34 heavy (non-hydrogen) atoms. The number of benzene rings is 2. The van der Waals surface area contributed by atoms with Crippen LogP contribution in [0.25, 0.3) is 21.8 Å². The van der Waals surface area contributed by atoms with Crippen molar-refractivity contribution in [3.63, 3.8) is 0 Å². The van der Waals surface area contributed by atoms with Gasteiger partial charge >= 0.3 is 0 Å². The summed E-state index contributed by atoms with van der Waals surface area (Å²) < 4.78 is 14.8. The molecule has 1 atom stereocenters. The maximum absolute atomic E-state index is 14.8. The lowest BCUT2D eigenvalue weighted by atomic mass is 9.98. The molecule has 7 heteroatoms. The highest BCUT2D eigenvalue weighted by Gasteiger charge is 2.26. The summed E-state index contributed by atoms with van der Waals surface area (Å²) in [6, 6.07) is 19.0. The number of likely N-dealkylation sites (tertiary alicyclic amines) is 1. The minimum absolute atomic E-state index is 0.0544. The number of aromatic nitrogens is 3. The Labute approximate surface area is 203 Å². The molecular weight excluding hydrogens is 445 g/mol. The quantitative estimate of drug-likeness (QED) is 0.352. The van der Waals surface area contributed by atoms with E-state index in [4.69, 9.17) is 9.97 Å². The normalized spacial score (nSPS) is 15.9. The maximum atomic E-state index is 14.8. The fourth-order valence-corrected chi connectivity index (χ4v) is 5.57. The molecule has 0 bridgehead atoms. The molecule has 0 radical (unpaired) electrons. The van der Waals surface area contributed by atoms with Gasteiger partial charge in [0.2, 0.25) is 5.95 Å². The van der Waals surface area contributed by atoms with Crippen LogP contribution in [-0.2, 0) is 0 Å². The van der Waals surface area contributed by atoms with Gasteiger partial charge in [-0.05, 0) is 63.7 Å². The van der Waals surface area contributed by atoms with Crippen molar-refractivity contribution >= 4 is 17.3 Å². The van der Waals surface area contributed by atoms with Crippen molar-refractivity contribution in [2.24, 2.45) is 0 Å². The summed E-state index contributed by atoms with van der Waals surface area (Å²) in [5.41, 5.74) is 3.09. The third kappa shape index (κ3) is 4.86. The highest BCUT2D eigenvalue weighted by Crippen LogP contribution is 2.41. The molecule has 0 aliphatic carbocycles. The molecule has 2 aromatic heterocycles. The minimum atomic E-state index is -0.269. The molecule has 3 heterocycles. The number of nitrogens with zero attached hydrogens (tertiary/aromatic N) is 4. The smallest absolute Gasteiger partial charge is 0.223 e. The predicted octanol–water partition coefficient (Wildman–Crippen LogP) is 6.39. The van der Waals surface area contributed by atoms with Gasteiger partial charge in [-0.15, -0.1) is 11.3 Å². The van der Waals surface area contributed by atoms with E-state index in [1.165, 1.54) is 6.07 Å². The van der Waals surface area contributed by atoms with Gasteiger partial charge in [-0.25, -0.2) is 19.3 Å². The van der Waals surface area contributed by atoms with Crippen LogP contribution < -0.4 is 5.32 Å². The average molecular weight is 474 g/mol. The third-order valence-electron chi connectivity index (χ3n) is 6.37. The summed E-state index contributed by atoms with van der Waals surface area (Å²) in [4.78, 5) is 17.5. The summed E-state index contributed by atoms with van der Waals surface area (Å²) >= 11 is 1.63. The fraction of sp³-hybridized carbons (Fsp3) is 0.296. The molecule has 5 rings (SSSR count). The van der Waals surface area contributed by atoms with Crippen molar-refractivity contribution in [1.29, 1.82) is 0 Å². The van der Waals surface area contributed by atoms with E-state index in [-0.39, 0.29) is 11.9 Å². The van der Waals surface area contributed by atoms with Crippen LogP contribution in [0.5, 0.6) is 0 Å². The number of thiazole rings is 1. The van der Waals surface area contributed by atoms with Crippen molar-refractivity contribution in [3.05, 3.63) is 83.2 Å². The molecule has 1 saturated heterocycles. The second kappa shape index (κ2) is 9.99. The zero-order chi connectivity index (χ0) is 23.5. The van der Waals surface area contributed by atoms with Crippen LogP contribution in [0.1, 0.15) is 42.3 Å². The Bertz CT molecular complexity index is 1250. The first kappa shape index (κ1) is 22.6. The monoisotopic (exact) mass is 473 g/mol. The number of hydrogen-bond donors (Lipinski definition) is 1. The molecule has 1 fully saturated rings. The van der Waals surface area contributed by atoms with E-state index in [2.05, 4.69) is 41.3 Å². The second-order valence-electron chi connectivity index (χ2n) is 8.83. The van der Waals surface area contributed by atoms with Gasteiger partial charge in [0.1, 0.15) is 5.82 Å². The van der Waals surface area contributed by atoms with Gasteiger partial charge in [0.05, 0.1) is 27.3 Å². The Morgan fingerprint density at radius 3 is 2.50 bits per heavy atom. The summed E-state index contributed by atoms with van der Waals surface area (Å²) in [6.45, 7) is 4.18. The first-order valence-corrected chi connectivity index (χ1v) is 12.5. The van der Waals surface area contributed by atoms with E-state index in [1.54, 1.807) is 29.7 Å². The molecule has 0 spiro atoms. The fourth-order valence-electron chi connectivity index (χ4n) is 4.35. The minimum Gasteiger partial charge on any atom is -0.348 e. The van der Waals surface area contributed by atoms with Gasteiger partial charge in [0, 0.05) is 17.7 Å². The van der Waals surface area contributed by atoms with Crippen LogP contribution >= 0.6 is 11.3 Å². The van der Waals surface area contributed by atoms with Crippen LogP contribution in [0, 0.1) is 5.82 Å². The van der Waals surface area contributed by atoms with E-state index >= 15 is 0 Å². The van der Waals surface area contributed by atoms with Crippen LogP contribution in [-0.4, -0.2) is 40.0 Å². The van der Waals surface area contributed by atoms with E-state index in [0.717, 1.165) is 47.1 Å². The largest absolute Gasteiger partial charge is 0.348 e. The lowest BCUT2D eigenvalue weighted by Gasteiger charge is -2.27. The Morgan fingerprint density at radius 2 is 1.74 bits per heavy atom. The van der Waals surface area contributed by atoms with Crippen molar-refractivity contribution in [2.75, 3.05) is 25.5 Å². The van der Waals surface area contributed by atoms with Crippen LogP contribution in [0.2, 0.25) is 0 Å². The van der Waals surface area contributed by atoms with Crippen molar-refractivity contribution in [1.82, 2.24) is 19.9 Å². The highest BCUT2D eigenvalue weighted by atomic mass is 32.1. The third-order valence-corrected chi connectivity index (χ3v) is 7.61. The number of hydrogen-bond acceptors (Lipinski definition) is 6. The summed E-state index contributed by atoms with van der Waals surface area (Å²) in [5, 5.41) is 4.46. The first-order chi connectivity index (χ1) is 16.6. The van der Waals surface area contributed by atoms with Crippen LogP contribution in [0.15, 0.2) is 66.9 Å². The molecule has 1 aliphatic heterocycles. The van der Waals surface area contributed by atoms with Gasteiger partial charge in [0.25, 0.3) is 0 Å². The highest BCUT2D eigenvalue weighted by molar-refractivity contribution is 7.15. The Hall–Kier alpha value is -3.16. The Kier molecular flexibility index (Phi) is 6.65. The lowest BCUT2D eigenvalue weighted by molar-refractivity contribution is 0.255. The molecule has 1 aliphatic rings. The zero-order valence-corrected chi connectivity index (χ0v) is 20.2. The maximum Gasteiger partial charge on any atom is 0.223 e. The van der Waals surface area contributed by atoms with Crippen LogP contribution in [0.4, 0.5) is 10.3 Å². The predicted molar refractivity (Wildman–Crippen MR) is 136 cm³/mol. The molecule has 0 saturated carbocycles. The number of nitrogens with one attached hydrogen (secondary N) is 1. The van der Waals surface area contributed by atoms with E-state index in [1.807, 2.05) is 30.3 Å². The Balaban J connectivity index is 1.51. The SMILES string of the molecule is C[C@H](Nc1nccc(-c2sc(C3CCN(C)CC3)nc2-c2ccccc2F)n1)c1ccccc1. The van der Waals surface area contributed by atoms with Crippen molar-refractivity contribution in [2.45, 2.75) is 31.7 Å². The summed E-state index contributed by atoms with van der Waals surface area (Å²) in [6.07, 6.45) is 3.87. The van der Waals surface area contributed by atoms with Gasteiger partial charge in [-0.2, -0.15) is 0 Å². The van der Waals surface area contributed by atoms with Crippen molar-refractivity contribution in [3.8, 4) is 21.8 Å². The second-order valence-corrected chi connectivity index (χ2v) is 9.86. The number of rotatable bonds is 6. The molecule has 0 amide bonds. The average Bonchev–Trinajstić information content (AvgIpc) is 3.31. The van der Waals surface area contributed by atoms with Gasteiger partial charge < -0.3 is 10.2 Å². The first-order valence-electron chi connectivity index (χ1n) is 11.7. The number of anilines is 1. The molecular formula is C27H28FN5S. The van der Waals surface area contributed by atoms with Crippen LogP contribution in [0.3, 0.4) is 0 Å². The Morgan fingerprint density at radius 1 is 1.00 bits per heavy atom. The van der Waals surface area contributed by atoms with E-state index in [9.17, 15) is 4.39 Å². The summed E-state index contributed by atoms with van der Waals surface area (Å²) in [5.74, 6) is 0.662. The van der Waals surface area contributed by atoms with Gasteiger partial charge in [-0.3, -0.25) is 0 Å². The molecule has 5 nitrogen and oxygen atoms in total. The summed E-state index contributed by atoms with van der Waals surface area (Å²) in [7, 11) is 2.15. The molecule has 1 N–H and O–H groups in total. The number of halogens is 1. The van der Waals surface area contributed by atoms with E-state index < -0.39 is 0 Å². The standard InChI is InChI=1S/C27H28FN5S/c1-18(19-8-4-3-5-9-19)30-27-29-15-12-23(31-27)25-24(21-10-6-7-11-22(21)28)32-26(34-25)20-13-16-33(2)17-14-20/h3-12,15,18,20H,13-14,16-17H2,1-2H3,(H,29,30,31)/t18-/m0/s1. The molecule has 174 valence electrons. The molecule has 0 unspecified atom stereocenters. The number of piperidine rings is 1. The van der Waals surface area contributed by atoms with Gasteiger partial charge in [0.15, 0.2) is 0 Å². The lowest BCUT2D eigenvalue weighted by Crippen LogP contribution is -2.29.